The van der Waals surface area contributed by atoms with Gasteiger partial charge in [-0.05, 0) is 32.0 Å². The normalized spacial score (nSPS) is 11.0. The molecule has 0 unspecified atom stereocenters. The number of aryl methyl sites for hydroxylation is 1. The highest BCUT2D eigenvalue weighted by atomic mass is 15.6. The molecule has 0 atom stereocenters. The number of nitrogens with zero attached hydrogens (tertiary/aromatic N) is 4. The highest BCUT2D eigenvalue weighted by molar-refractivity contribution is 4.77. The Bertz CT molecular complexity index is 229. The van der Waals surface area contributed by atoms with Crippen LogP contribution in [0.15, 0.2) is 0 Å². The van der Waals surface area contributed by atoms with Crippen molar-refractivity contribution in [2.75, 3.05) is 6.54 Å². The van der Waals surface area contributed by atoms with Gasteiger partial charge in [0.05, 0.1) is 6.04 Å². The molecule has 1 aromatic rings. The zero-order valence-electron chi connectivity index (χ0n) is 7.56. The maximum atomic E-state index is 5.36. The Morgan fingerprint density at radius 1 is 1.50 bits per heavy atom. The maximum Gasteiger partial charge on any atom is 0.174 e. The summed E-state index contributed by atoms with van der Waals surface area (Å²) in [6.45, 7) is 4.72. The molecule has 5 heteroatoms. The van der Waals surface area contributed by atoms with Crippen molar-refractivity contribution < 1.29 is 0 Å². The molecule has 0 saturated carbocycles. The molecule has 5 nitrogen and oxygen atoms in total. The molecule has 0 saturated heterocycles. The van der Waals surface area contributed by atoms with Gasteiger partial charge < -0.3 is 5.73 Å². The highest BCUT2D eigenvalue weighted by Crippen LogP contribution is 1.99. The molecular weight excluding hydrogens is 154 g/mol. The van der Waals surface area contributed by atoms with Crippen molar-refractivity contribution in [3.8, 4) is 0 Å². The fraction of sp³-hybridized carbons (Fsp3) is 0.857. The van der Waals surface area contributed by atoms with E-state index in [1.807, 2.05) is 13.8 Å². The van der Waals surface area contributed by atoms with Crippen LogP contribution in [-0.2, 0) is 6.42 Å². The molecule has 1 heterocycles. The molecule has 0 aromatic carbocycles. The smallest absolute Gasteiger partial charge is 0.174 e. The summed E-state index contributed by atoms with van der Waals surface area (Å²) in [4.78, 5) is 1.62. The molecule has 68 valence electrons. The van der Waals surface area contributed by atoms with Crippen LogP contribution in [0.2, 0.25) is 0 Å². The van der Waals surface area contributed by atoms with E-state index in [4.69, 9.17) is 5.73 Å². The van der Waals surface area contributed by atoms with Crippen LogP contribution in [0.1, 0.15) is 32.1 Å². The second kappa shape index (κ2) is 4.15. The Labute approximate surface area is 71.9 Å². The summed E-state index contributed by atoms with van der Waals surface area (Å²) in [5.74, 6) is 0.786. The van der Waals surface area contributed by atoms with Crippen molar-refractivity contribution in [2.45, 2.75) is 32.7 Å². The fourth-order valence-electron chi connectivity index (χ4n) is 0.835. The van der Waals surface area contributed by atoms with Crippen molar-refractivity contribution in [3.63, 3.8) is 0 Å². The molecule has 0 fully saturated rings. The van der Waals surface area contributed by atoms with E-state index in [-0.39, 0.29) is 6.04 Å². The van der Waals surface area contributed by atoms with Crippen LogP contribution in [-0.4, -0.2) is 26.8 Å². The van der Waals surface area contributed by atoms with Crippen LogP contribution in [0, 0.1) is 0 Å². The van der Waals surface area contributed by atoms with Crippen LogP contribution in [0.25, 0.3) is 0 Å². The minimum atomic E-state index is 0.282. The number of tetrazole rings is 1. The zero-order valence-corrected chi connectivity index (χ0v) is 7.56. The summed E-state index contributed by atoms with van der Waals surface area (Å²) in [6, 6.07) is 0.282. The molecule has 0 radical (unpaired) electrons. The van der Waals surface area contributed by atoms with Gasteiger partial charge >= 0.3 is 0 Å². The highest BCUT2D eigenvalue weighted by Gasteiger charge is 2.03. The van der Waals surface area contributed by atoms with E-state index >= 15 is 0 Å². The molecule has 0 spiro atoms. The van der Waals surface area contributed by atoms with Gasteiger partial charge in [-0.1, -0.05) is 0 Å². The Morgan fingerprint density at radius 3 is 2.75 bits per heavy atom. The Morgan fingerprint density at radius 2 is 2.25 bits per heavy atom. The summed E-state index contributed by atoms with van der Waals surface area (Å²) < 4.78 is 0. The third kappa shape index (κ3) is 2.27. The SMILES string of the molecule is CC(C)n1nnc(CCCN)n1. The second-order valence-corrected chi connectivity index (χ2v) is 3.01. The van der Waals surface area contributed by atoms with Gasteiger partial charge in [0.25, 0.3) is 0 Å². The van der Waals surface area contributed by atoms with Crippen LogP contribution in [0.5, 0.6) is 0 Å². The monoisotopic (exact) mass is 169 g/mol. The van der Waals surface area contributed by atoms with Crippen LogP contribution in [0.3, 0.4) is 0 Å². The average Bonchev–Trinajstić information content (AvgIpc) is 2.48. The molecule has 0 amide bonds. The van der Waals surface area contributed by atoms with Gasteiger partial charge in [-0.3, -0.25) is 0 Å². The first-order valence-electron chi connectivity index (χ1n) is 4.22. The van der Waals surface area contributed by atoms with Crippen molar-refractivity contribution in [3.05, 3.63) is 5.82 Å². The quantitative estimate of drug-likeness (QED) is 0.696. The zero-order chi connectivity index (χ0) is 8.97. The summed E-state index contributed by atoms with van der Waals surface area (Å²) in [7, 11) is 0. The second-order valence-electron chi connectivity index (χ2n) is 3.01. The van der Waals surface area contributed by atoms with E-state index in [0.717, 1.165) is 18.7 Å². The van der Waals surface area contributed by atoms with Gasteiger partial charge in [-0.15, -0.1) is 10.2 Å². The van der Waals surface area contributed by atoms with E-state index in [9.17, 15) is 0 Å². The summed E-state index contributed by atoms with van der Waals surface area (Å²) in [5.41, 5.74) is 5.36. The van der Waals surface area contributed by atoms with Crippen molar-refractivity contribution in [1.29, 1.82) is 0 Å². The molecule has 2 N–H and O–H groups in total. The van der Waals surface area contributed by atoms with E-state index in [1.165, 1.54) is 0 Å². The Kier molecular flexibility index (Phi) is 3.16. The lowest BCUT2D eigenvalue weighted by atomic mass is 10.3. The third-order valence-corrected chi connectivity index (χ3v) is 1.54. The van der Waals surface area contributed by atoms with Gasteiger partial charge in [0.1, 0.15) is 0 Å². The van der Waals surface area contributed by atoms with Crippen molar-refractivity contribution in [1.82, 2.24) is 20.2 Å². The van der Waals surface area contributed by atoms with Gasteiger partial charge in [0.2, 0.25) is 0 Å². The number of rotatable bonds is 4. The van der Waals surface area contributed by atoms with Crippen LogP contribution in [0.4, 0.5) is 0 Å². The number of hydrogen-bond donors (Lipinski definition) is 1. The summed E-state index contributed by atoms with van der Waals surface area (Å²) in [5, 5.41) is 12.0. The van der Waals surface area contributed by atoms with Crippen LogP contribution >= 0.6 is 0 Å². The first-order chi connectivity index (χ1) is 5.74. The predicted octanol–water partition coefficient (Wildman–Crippen LogP) is 0.145. The van der Waals surface area contributed by atoms with E-state index < -0.39 is 0 Å². The van der Waals surface area contributed by atoms with Gasteiger partial charge in [-0.25, -0.2) is 0 Å². The molecule has 0 aliphatic carbocycles. The molecule has 1 aromatic heterocycles. The first-order valence-corrected chi connectivity index (χ1v) is 4.22. The topological polar surface area (TPSA) is 69.6 Å². The molecule has 0 aliphatic heterocycles. The minimum Gasteiger partial charge on any atom is -0.330 e. The lowest BCUT2D eigenvalue weighted by molar-refractivity contribution is 0.453. The lowest BCUT2D eigenvalue weighted by Crippen LogP contribution is -2.05. The van der Waals surface area contributed by atoms with E-state index in [2.05, 4.69) is 15.4 Å². The predicted molar refractivity (Wildman–Crippen MR) is 45.6 cm³/mol. The van der Waals surface area contributed by atoms with E-state index in [1.54, 1.807) is 4.80 Å². The molecule has 0 aliphatic rings. The average molecular weight is 169 g/mol. The standard InChI is InChI=1S/C7H15N5/c1-6(2)12-10-7(9-11-12)4-3-5-8/h6H,3-5,8H2,1-2H3. The number of aromatic nitrogens is 4. The molecular formula is C7H15N5. The Balaban J connectivity index is 2.52. The van der Waals surface area contributed by atoms with E-state index in [0.29, 0.717) is 6.54 Å². The number of hydrogen-bond acceptors (Lipinski definition) is 4. The van der Waals surface area contributed by atoms with Crippen molar-refractivity contribution in [2.24, 2.45) is 5.73 Å². The molecule has 12 heavy (non-hydrogen) atoms. The maximum absolute atomic E-state index is 5.36. The largest absolute Gasteiger partial charge is 0.330 e. The molecule has 0 bridgehead atoms. The summed E-state index contributed by atoms with van der Waals surface area (Å²) in [6.07, 6.45) is 1.74. The first kappa shape index (κ1) is 9.12. The van der Waals surface area contributed by atoms with Gasteiger partial charge in [-0.2, -0.15) is 4.80 Å². The fourth-order valence-corrected chi connectivity index (χ4v) is 0.835. The molecule has 1 rings (SSSR count). The lowest BCUT2D eigenvalue weighted by Gasteiger charge is -1.98. The minimum absolute atomic E-state index is 0.282. The third-order valence-electron chi connectivity index (χ3n) is 1.54. The number of nitrogens with two attached hydrogens (primary N) is 1. The van der Waals surface area contributed by atoms with Crippen molar-refractivity contribution >= 4 is 0 Å². The summed E-state index contributed by atoms with van der Waals surface area (Å²) >= 11 is 0. The van der Waals surface area contributed by atoms with Gasteiger partial charge in [0, 0.05) is 6.42 Å². The van der Waals surface area contributed by atoms with Gasteiger partial charge in [0.15, 0.2) is 5.82 Å². The Hall–Kier alpha value is -0.970. The van der Waals surface area contributed by atoms with Crippen LogP contribution < -0.4 is 5.73 Å².